The number of rotatable bonds is 5. The van der Waals surface area contributed by atoms with E-state index in [2.05, 4.69) is 21.2 Å². The molecule has 2 aromatic rings. The van der Waals surface area contributed by atoms with Crippen LogP contribution in [0.1, 0.15) is 15.9 Å². The second kappa shape index (κ2) is 7.04. The summed E-state index contributed by atoms with van der Waals surface area (Å²) in [6.07, 6.45) is 0. The van der Waals surface area contributed by atoms with Gasteiger partial charge < -0.3 is 10.1 Å². The fourth-order valence-electron chi connectivity index (χ4n) is 1.82. The van der Waals surface area contributed by atoms with Crippen LogP contribution in [0.2, 0.25) is 0 Å². The molecule has 0 spiro atoms. The molecule has 7 heteroatoms. The molecular formula is C15H13BrN2O4. The number of nitro groups is 1. The minimum Gasteiger partial charge on any atom is -0.497 e. The lowest BCUT2D eigenvalue weighted by Crippen LogP contribution is -2.23. The number of methoxy groups -OCH3 is 1. The van der Waals surface area contributed by atoms with E-state index in [1.807, 2.05) is 12.1 Å². The van der Waals surface area contributed by atoms with Crippen molar-refractivity contribution >= 4 is 27.5 Å². The number of amides is 1. The maximum absolute atomic E-state index is 12.1. The Balaban J connectivity index is 2.08. The van der Waals surface area contributed by atoms with Gasteiger partial charge in [0, 0.05) is 23.2 Å². The summed E-state index contributed by atoms with van der Waals surface area (Å²) in [5.74, 6) is 0.350. The van der Waals surface area contributed by atoms with E-state index < -0.39 is 4.92 Å². The monoisotopic (exact) mass is 364 g/mol. The second-order valence-electron chi connectivity index (χ2n) is 4.45. The van der Waals surface area contributed by atoms with Crippen LogP contribution in [0.25, 0.3) is 0 Å². The first-order valence-electron chi connectivity index (χ1n) is 6.36. The number of nitrogens with one attached hydrogen (secondary N) is 1. The smallest absolute Gasteiger partial charge is 0.270 e. The molecule has 0 bridgehead atoms. The van der Waals surface area contributed by atoms with Crippen molar-refractivity contribution in [2.75, 3.05) is 7.11 Å². The van der Waals surface area contributed by atoms with Gasteiger partial charge in [-0.2, -0.15) is 0 Å². The van der Waals surface area contributed by atoms with Crippen molar-refractivity contribution in [1.29, 1.82) is 0 Å². The van der Waals surface area contributed by atoms with Crippen LogP contribution in [0, 0.1) is 10.1 Å². The summed E-state index contributed by atoms with van der Waals surface area (Å²) in [6.45, 7) is 0.317. The molecule has 0 fully saturated rings. The predicted octanol–water partition coefficient (Wildman–Crippen LogP) is 3.30. The number of ether oxygens (including phenoxy) is 1. The summed E-state index contributed by atoms with van der Waals surface area (Å²) in [4.78, 5) is 22.4. The molecule has 0 heterocycles. The van der Waals surface area contributed by atoms with Gasteiger partial charge >= 0.3 is 0 Å². The lowest BCUT2D eigenvalue weighted by atomic mass is 10.1. The van der Waals surface area contributed by atoms with E-state index in [0.29, 0.717) is 11.0 Å². The fraction of sp³-hybridized carbons (Fsp3) is 0.133. The van der Waals surface area contributed by atoms with Gasteiger partial charge in [-0.1, -0.05) is 12.1 Å². The lowest BCUT2D eigenvalue weighted by Gasteiger charge is -2.08. The number of nitro benzene ring substituents is 1. The predicted molar refractivity (Wildman–Crippen MR) is 85.0 cm³/mol. The Kier molecular flexibility index (Phi) is 5.11. The zero-order valence-corrected chi connectivity index (χ0v) is 13.3. The summed E-state index contributed by atoms with van der Waals surface area (Å²) >= 11 is 3.23. The lowest BCUT2D eigenvalue weighted by molar-refractivity contribution is -0.384. The van der Waals surface area contributed by atoms with E-state index in [-0.39, 0.29) is 17.2 Å². The van der Waals surface area contributed by atoms with Crippen LogP contribution in [0.15, 0.2) is 46.9 Å². The van der Waals surface area contributed by atoms with E-state index in [0.717, 1.165) is 11.3 Å². The highest BCUT2D eigenvalue weighted by atomic mass is 79.9. The number of benzene rings is 2. The molecule has 1 N–H and O–H groups in total. The first-order chi connectivity index (χ1) is 10.5. The molecule has 0 saturated carbocycles. The Hall–Kier alpha value is -2.41. The van der Waals surface area contributed by atoms with Crippen LogP contribution < -0.4 is 10.1 Å². The van der Waals surface area contributed by atoms with E-state index in [9.17, 15) is 14.9 Å². The maximum Gasteiger partial charge on any atom is 0.270 e. The van der Waals surface area contributed by atoms with Crippen molar-refractivity contribution in [3.8, 4) is 5.75 Å². The van der Waals surface area contributed by atoms with Gasteiger partial charge in [0.15, 0.2) is 0 Å². The van der Waals surface area contributed by atoms with E-state index in [1.165, 1.54) is 18.2 Å². The molecule has 22 heavy (non-hydrogen) atoms. The zero-order chi connectivity index (χ0) is 16.1. The van der Waals surface area contributed by atoms with Gasteiger partial charge in [0.05, 0.1) is 17.6 Å². The van der Waals surface area contributed by atoms with E-state index in [4.69, 9.17) is 4.74 Å². The van der Waals surface area contributed by atoms with Gasteiger partial charge in [0.25, 0.3) is 11.6 Å². The third-order valence-corrected chi connectivity index (χ3v) is 3.71. The number of hydrogen-bond acceptors (Lipinski definition) is 4. The van der Waals surface area contributed by atoms with E-state index in [1.54, 1.807) is 19.2 Å². The molecule has 114 valence electrons. The number of halogens is 1. The molecule has 0 aliphatic carbocycles. The first-order valence-corrected chi connectivity index (χ1v) is 7.15. The highest BCUT2D eigenvalue weighted by Gasteiger charge is 2.15. The largest absolute Gasteiger partial charge is 0.497 e. The molecule has 0 aliphatic rings. The quantitative estimate of drug-likeness (QED) is 0.651. The number of non-ortho nitro benzene ring substituents is 1. The minimum atomic E-state index is -0.535. The molecule has 0 atom stereocenters. The van der Waals surface area contributed by atoms with Crippen LogP contribution in [-0.2, 0) is 6.54 Å². The summed E-state index contributed by atoms with van der Waals surface area (Å²) < 4.78 is 5.56. The van der Waals surface area contributed by atoms with Gasteiger partial charge in [-0.15, -0.1) is 0 Å². The zero-order valence-electron chi connectivity index (χ0n) is 11.7. The highest BCUT2D eigenvalue weighted by Crippen LogP contribution is 2.22. The summed E-state index contributed by atoms with van der Waals surface area (Å²) in [5, 5.41) is 13.5. The van der Waals surface area contributed by atoms with Crippen molar-refractivity contribution in [1.82, 2.24) is 5.32 Å². The van der Waals surface area contributed by atoms with Gasteiger partial charge in [-0.05, 0) is 39.7 Å². The molecule has 0 saturated heterocycles. The minimum absolute atomic E-state index is 0.127. The van der Waals surface area contributed by atoms with Crippen molar-refractivity contribution in [3.05, 3.63) is 68.2 Å². The van der Waals surface area contributed by atoms with Gasteiger partial charge in [-0.3, -0.25) is 14.9 Å². The molecule has 0 aromatic heterocycles. The van der Waals surface area contributed by atoms with Crippen LogP contribution in [0.4, 0.5) is 5.69 Å². The fourth-order valence-corrected chi connectivity index (χ4v) is 2.25. The van der Waals surface area contributed by atoms with Crippen LogP contribution in [-0.4, -0.2) is 17.9 Å². The van der Waals surface area contributed by atoms with Crippen molar-refractivity contribution in [3.63, 3.8) is 0 Å². The van der Waals surface area contributed by atoms with Crippen molar-refractivity contribution in [2.24, 2.45) is 0 Å². The third-order valence-electron chi connectivity index (χ3n) is 3.02. The second-order valence-corrected chi connectivity index (χ2v) is 5.31. The Morgan fingerprint density at radius 3 is 2.55 bits per heavy atom. The van der Waals surface area contributed by atoms with Crippen LogP contribution in [0.5, 0.6) is 5.75 Å². The van der Waals surface area contributed by atoms with Crippen LogP contribution in [0.3, 0.4) is 0 Å². The van der Waals surface area contributed by atoms with Crippen LogP contribution >= 0.6 is 15.9 Å². The normalized spacial score (nSPS) is 10.1. The van der Waals surface area contributed by atoms with Gasteiger partial charge in [0.1, 0.15) is 5.75 Å². The Bertz CT molecular complexity index is 701. The summed E-state index contributed by atoms with van der Waals surface area (Å²) in [7, 11) is 1.58. The molecule has 1 amide bonds. The molecule has 2 aromatic carbocycles. The highest BCUT2D eigenvalue weighted by molar-refractivity contribution is 9.10. The number of carbonyl (C=O) groups excluding carboxylic acids is 1. The molecule has 0 radical (unpaired) electrons. The molecular weight excluding hydrogens is 352 g/mol. The third kappa shape index (κ3) is 3.82. The summed E-state index contributed by atoms with van der Waals surface area (Å²) in [5.41, 5.74) is 0.996. The Morgan fingerprint density at radius 1 is 1.27 bits per heavy atom. The summed E-state index contributed by atoms with van der Waals surface area (Å²) in [6, 6.07) is 11.3. The number of hydrogen-bond donors (Lipinski definition) is 1. The first kappa shape index (κ1) is 16.0. The molecule has 6 nitrogen and oxygen atoms in total. The van der Waals surface area contributed by atoms with Gasteiger partial charge in [-0.25, -0.2) is 0 Å². The topological polar surface area (TPSA) is 81.5 Å². The Morgan fingerprint density at radius 2 is 1.95 bits per heavy atom. The average molecular weight is 365 g/mol. The molecule has 2 rings (SSSR count). The average Bonchev–Trinajstić information content (AvgIpc) is 2.53. The van der Waals surface area contributed by atoms with E-state index >= 15 is 0 Å². The van der Waals surface area contributed by atoms with Crippen molar-refractivity contribution in [2.45, 2.75) is 6.54 Å². The van der Waals surface area contributed by atoms with Crippen molar-refractivity contribution < 1.29 is 14.5 Å². The molecule has 0 aliphatic heterocycles. The number of nitrogens with zero attached hydrogens (tertiary/aromatic N) is 1. The SMILES string of the molecule is COc1ccc(CNC(=O)c2cc([N+](=O)[O-])ccc2Br)cc1. The maximum atomic E-state index is 12.1. The standard InChI is InChI=1S/C15H13BrN2O4/c1-22-12-5-2-10(3-6-12)9-17-15(19)13-8-11(18(20)21)4-7-14(13)16/h2-8H,9H2,1H3,(H,17,19). The van der Waals surface area contributed by atoms with Gasteiger partial charge in [0.2, 0.25) is 0 Å². The molecule has 0 unspecified atom stereocenters. The number of carbonyl (C=O) groups is 1. The Labute approximate surface area is 135 Å².